The maximum absolute atomic E-state index is 5.86. The summed E-state index contributed by atoms with van der Waals surface area (Å²) in [4.78, 5) is 0.489. The molecular weight excluding hydrogens is 244 g/mol. The monoisotopic (exact) mass is 264 g/mol. The van der Waals surface area contributed by atoms with Gasteiger partial charge >= 0.3 is 0 Å². The van der Waals surface area contributed by atoms with Crippen LogP contribution in [0.15, 0.2) is 0 Å². The SMILES string of the molecule is CCCOC1C(Br)CC1OC(C)CC. The molecule has 1 saturated carbocycles. The van der Waals surface area contributed by atoms with Gasteiger partial charge in [-0.05, 0) is 26.2 Å². The predicted octanol–water partition coefficient (Wildman–Crippen LogP) is 3.13. The maximum Gasteiger partial charge on any atom is 0.0962 e. The minimum atomic E-state index is 0.268. The van der Waals surface area contributed by atoms with Gasteiger partial charge in [-0.25, -0.2) is 0 Å². The average Bonchev–Trinajstić information content (AvgIpc) is 2.17. The Morgan fingerprint density at radius 1 is 1.43 bits per heavy atom. The summed E-state index contributed by atoms with van der Waals surface area (Å²) in [5.74, 6) is 0. The van der Waals surface area contributed by atoms with Crippen LogP contribution in [-0.2, 0) is 9.47 Å². The normalized spacial score (nSPS) is 33.9. The van der Waals surface area contributed by atoms with Crippen molar-refractivity contribution in [2.75, 3.05) is 6.61 Å². The molecule has 0 aromatic rings. The first-order valence-electron chi connectivity index (χ1n) is 5.60. The Morgan fingerprint density at radius 2 is 2.14 bits per heavy atom. The van der Waals surface area contributed by atoms with Gasteiger partial charge in [0.25, 0.3) is 0 Å². The number of alkyl halides is 1. The molecule has 0 radical (unpaired) electrons. The molecule has 84 valence electrons. The molecule has 0 heterocycles. The predicted molar refractivity (Wildman–Crippen MR) is 62.0 cm³/mol. The van der Waals surface area contributed by atoms with Crippen LogP contribution in [-0.4, -0.2) is 29.7 Å². The molecule has 0 bridgehead atoms. The summed E-state index contributed by atoms with van der Waals surface area (Å²) in [6, 6.07) is 0. The summed E-state index contributed by atoms with van der Waals surface area (Å²) in [5, 5.41) is 0. The van der Waals surface area contributed by atoms with E-state index in [1.807, 2.05) is 0 Å². The van der Waals surface area contributed by atoms with Crippen molar-refractivity contribution in [1.29, 1.82) is 0 Å². The molecule has 1 rings (SSSR count). The Morgan fingerprint density at radius 3 is 2.64 bits per heavy atom. The van der Waals surface area contributed by atoms with E-state index in [-0.39, 0.29) is 6.10 Å². The zero-order chi connectivity index (χ0) is 10.6. The lowest BCUT2D eigenvalue weighted by Gasteiger charge is -2.42. The van der Waals surface area contributed by atoms with E-state index in [0.29, 0.717) is 17.0 Å². The van der Waals surface area contributed by atoms with Crippen molar-refractivity contribution in [3.05, 3.63) is 0 Å². The summed E-state index contributed by atoms with van der Waals surface area (Å²) < 4.78 is 11.6. The second-order valence-electron chi connectivity index (χ2n) is 3.98. The van der Waals surface area contributed by atoms with Gasteiger partial charge in [0.05, 0.1) is 18.3 Å². The van der Waals surface area contributed by atoms with Crippen LogP contribution < -0.4 is 0 Å². The van der Waals surface area contributed by atoms with Gasteiger partial charge in [0.15, 0.2) is 0 Å². The van der Waals surface area contributed by atoms with E-state index in [2.05, 4.69) is 36.7 Å². The largest absolute Gasteiger partial charge is 0.374 e. The van der Waals surface area contributed by atoms with E-state index in [9.17, 15) is 0 Å². The van der Waals surface area contributed by atoms with Crippen molar-refractivity contribution in [1.82, 2.24) is 0 Å². The van der Waals surface area contributed by atoms with Gasteiger partial charge in [0.1, 0.15) is 0 Å². The van der Waals surface area contributed by atoms with Crippen LogP contribution >= 0.6 is 15.9 Å². The molecule has 4 atom stereocenters. The second kappa shape index (κ2) is 6.09. The van der Waals surface area contributed by atoms with Crippen LogP contribution in [0.5, 0.6) is 0 Å². The van der Waals surface area contributed by atoms with Crippen molar-refractivity contribution >= 4 is 15.9 Å². The van der Waals surface area contributed by atoms with E-state index in [1.54, 1.807) is 0 Å². The molecule has 0 spiro atoms. The van der Waals surface area contributed by atoms with Gasteiger partial charge < -0.3 is 9.47 Å². The van der Waals surface area contributed by atoms with Gasteiger partial charge in [0, 0.05) is 11.4 Å². The van der Waals surface area contributed by atoms with Crippen molar-refractivity contribution in [2.45, 2.75) is 63.2 Å². The molecular formula is C11H21BrO2. The van der Waals surface area contributed by atoms with Gasteiger partial charge in [-0.2, -0.15) is 0 Å². The molecule has 4 unspecified atom stereocenters. The molecule has 0 saturated heterocycles. The van der Waals surface area contributed by atoms with Crippen LogP contribution in [0, 0.1) is 0 Å². The van der Waals surface area contributed by atoms with Crippen molar-refractivity contribution < 1.29 is 9.47 Å². The van der Waals surface area contributed by atoms with E-state index in [1.165, 1.54) is 0 Å². The lowest BCUT2D eigenvalue weighted by Crippen LogP contribution is -2.51. The summed E-state index contributed by atoms with van der Waals surface area (Å²) in [5.41, 5.74) is 0. The topological polar surface area (TPSA) is 18.5 Å². The standard InChI is InChI=1S/C11H21BrO2/c1-4-6-13-11-9(12)7-10(11)14-8(3)5-2/h8-11H,4-7H2,1-3H3. The average molecular weight is 265 g/mol. The molecule has 2 nitrogen and oxygen atoms in total. The minimum Gasteiger partial charge on any atom is -0.374 e. The third-order valence-corrected chi connectivity index (χ3v) is 3.57. The zero-order valence-corrected chi connectivity index (χ0v) is 10.9. The van der Waals surface area contributed by atoms with Gasteiger partial charge in [-0.3, -0.25) is 0 Å². The van der Waals surface area contributed by atoms with Crippen LogP contribution in [0.2, 0.25) is 0 Å². The summed E-state index contributed by atoms with van der Waals surface area (Å²) >= 11 is 3.60. The highest BCUT2D eigenvalue weighted by Crippen LogP contribution is 2.34. The van der Waals surface area contributed by atoms with Crippen molar-refractivity contribution in [2.24, 2.45) is 0 Å². The maximum atomic E-state index is 5.86. The Hall–Kier alpha value is 0.400. The number of ether oxygens (including phenoxy) is 2. The lowest BCUT2D eigenvalue weighted by molar-refractivity contribution is -0.142. The summed E-state index contributed by atoms with van der Waals surface area (Å²) in [7, 11) is 0. The van der Waals surface area contributed by atoms with E-state index >= 15 is 0 Å². The number of halogens is 1. The highest BCUT2D eigenvalue weighted by Gasteiger charge is 2.41. The molecule has 0 N–H and O–H groups in total. The third-order valence-electron chi connectivity index (χ3n) is 2.68. The zero-order valence-electron chi connectivity index (χ0n) is 9.33. The quantitative estimate of drug-likeness (QED) is 0.687. The van der Waals surface area contributed by atoms with Crippen molar-refractivity contribution in [3.8, 4) is 0 Å². The lowest BCUT2D eigenvalue weighted by atomic mass is 9.91. The highest BCUT2D eigenvalue weighted by atomic mass is 79.9. The summed E-state index contributed by atoms with van der Waals surface area (Å²) in [6.45, 7) is 7.24. The third kappa shape index (κ3) is 3.21. The first kappa shape index (κ1) is 12.5. The summed E-state index contributed by atoms with van der Waals surface area (Å²) in [6.07, 6.45) is 4.16. The molecule has 14 heavy (non-hydrogen) atoms. The molecule has 1 aliphatic carbocycles. The minimum absolute atomic E-state index is 0.268. The fourth-order valence-electron chi connectivity index (χ4n) is 1.52. The molecule has 0 aromatic carbocycles. The van der Waals surface area contributed by atoms with Gasteiger partial charge in [-0.1, -0.05) is 29.8 Å². The number of hydrogen-bond acceptors (Lipinski definition) is 2. The van der Waals surface area contributed by atoms with Gasteiger partial charge in [-0.15, -0.1) is 0 Å². The first-order chi connectivity index (χ1) is 6.69. The van der Waals surface area contributed by atoms with Gasteiger partial charge in [0.2, 0.25) is 0 Å². The Labute approximate surface area is 95.5 Å². The molecule has 0 aliphatic heterocycles. The second-order valence-corrected chi connectivity index (χ2v) is 5.16. The smallest absolute Gasteiger partial charge is 0.0962 e. The number of rotatable bonds is 6. The molecule has 0 amide bonds. The van der Waals surface area contributed by atoms with Crippen LogP contribution in [0.1, 0.15) is 40.0 Å². The van der Waals surface area contributed by atoms with E-state index in [4.69, 9.17) is 9.47 Å². The highest BCUT2D eigenvalue weighted by molar-refractivity contribution is 9.09. The van der Waals surface area contributed by atoms with Crippen molar-refractivity contribution in [3.63, 3.8) is 0 Å². The molecule has 1 fully saturated rings. The number of hydrogen-bond donors (Lipinski definition) is 0. The van der Waals surface area contributed by atoms with E-state index in [0.717, 1.165) is 25.9 Å². The van der Waals surface area contributed by atoms with Crippen LogP contribution in [0.25, 0.3) is 0 Å². The fourth-order valence-corrected chi connectivity index (χ4v) is 2.38. The molecule has 3 heteroatoms. The Balaban J connectivity index is 2.25. The van der Waals surface area contributed by atoms with E-state index < -0.39 is 0 Å². The first-order valence-corrected chi connectivity index (χ1v) is 6.51. The Bertz CT molecular complexity index is 163. The Kier molecular flexibility index (Phi) is 5.42. The van der Waals surface area contributed by atoms with Crippen LogP contribution in [0.4, 0.5) is 0 Å². The van der Waals surface area contributed by atoms with Crippen LogP contribution in [0.3, 0.4) is 0 Å². The molecule has 1 aliphatic rings. The molecule has 0 aromatic heterocycles. The fraction of sp³-hybridized carbons (Fsp3) is 1.00.